The molecule has 2 heteroatoms. The van der Waals surface area contributed by atoms with Crippen LogP contribution in [0.15, 0.2) is 0 Å². The lowest BCUT2D eigenvalue weighted by atomic mass is 10.1. The summed E-state index contributed by atoms with van der Waals surface area (Å²) in [5.41, 5.74) is 0. The number of carbonyl (C=O) groups excluding carboxylic acids is 1. The van der Waals surface area contributed by atoms with Crippen molar-refractivity contribution in [1.29, 1.82) is 0 Å². The van der Waals surface area contributed by atoms with Gasteiger partial charge in [0.1, 0.15) is 6.29 Å². The second-order valence-electron chi connectivity index (χ2n) is 2.71. The summed E-state index contributed by atoms with van der Waals surface area (Å²) in [4.78, 5) is 10.0. The van der Waals surface area contributed by atoms with Gasteiger partial charge in [-0.05, 0) is 25.4 Å². The molecule has 0 bridgehead atoms. The van der Waals surface area contributed by atoms with Crippen LogP contribution in [0.25, 0.3) is 0 Å². The Morgan fingerprint density at radius 3 is 2.80 bits per heavy atom. The van der Waals surface area contributed by atoms with Crippen LogP contribution in [0.1, 0.15) is 26.7 Å². The first-order valence-electron chi connectivity index (χ1n) is 3.95. The minimum atomic E-state index is 0.490. The predicted molar refractivity (Wildman–Crippen MR) is 43.0 cm³/mol. The van der Waals surface area contributed by atoms with Crippen molar-refractivity contribution < 1.29 is 4.79 Å². The predicted octanol–water partition coefficient (Wildman–Crippen LogP) is 1.21. The van der Waals surface area contributed by atoms with Gasteiger partial charge >= 0.3 is 0 Å². The van der Waals surface area contributed by atoms with Gasteiger partial charge in [0.05, 0.1) is 0 Å². The van der Waals surface area contributed by atoms with E-state index in [1.807, 2.05) is 0 Å². The Morgan fingerprint density at radius 1 is 1.60 bits per heavy atom. The maximum atomic E-state index is 10.0. The highest BCUT2D eigenvalue weighted by Gasteiger charge is 1.97. The number of rotatable bonds is 6. The number of hydrogen-bond acceptors (Lipinski definition) is 2. The van der Waals surface area contributed by atoms with Crippen molar-refractivity contribution in [2.75, 3.05) is 13.1 Å². The highest BCUT2D eigenvalue weighted by Crippen LogP contribution is 1.95. The average molecular weight is 143 g/mol. The van der Waals surface area contributed by atoms with Gasteiger partial charge in [0.15, 0.2) is 0 Å². The summed E-state index contributed by atoms with van der Waals surface area (Å²) in [6, 6.07) is 0. The molecular weight excluding hydrogens is 126 g/mol. The Labute approximate surface area is 63.0 Å². The second kappa shape index (κ2) is 6.75. The van der Waals surface area contributed by atoms with Gasteiger partial charge in [-0.3, -0.25) is 0 Å². The van der Waals surface area contributed by atoms with Crippen molar-refractivity contribution in [2.45, 2.75) is 26.7 Å². The minimum absolute atomic E-state index is 0.490. The van der Waals surface area contributed by atoms with Crippen LogP contribution in [0.5, 0.6) is 0 Å². The third-order valence-electron chi connectivity index (χ3n) is 1.42. The molecule has 0 aromatic carbocycles. The van der Waals surface area contributed by atoms with Gasteiger partial charge in [0.25, 0.3) is 0 Å². The zero-order valence-corrected chi connectivity index (χ0v) is 6.89. The van der Waals surface area contributed by atoms with Crippen LogP contribution >= 0.6 is 0 Å². The van der Waals surface area contributed by atoms with Crippen molar-refractivity contribution in [2.24, 2.45) is 5.92 Å². The lowest BCUT2D eigenvalue weighted by Crippen LogP contribution is -2.21. The Morgan fingerprint density at radius 2 is 2.30 bits per heavy atom. The lowest BCUT2D eigenvalue weighted by molar-refractivity contribution is -0.108. The molecule has 0 radical (unpaired) electrons. The normalized spacial score (nSPS) is 13.0. The van der Waals surface area contributed by atoms with Gasteiger partial charge < -0.3 is 10.1 Å². The summed E-state index contributed by atoms with van der Waals surface area (Å²) in [5, 5.41) is 3.26. The molecule has 0 aliphatic rings. The van der Waals surface area contributed by atoms with Crippen LogP contribution < -0.4 is 5.32 Å². The molecule has 1 atom stereocenters. The quantitative estimate of drug-likeness (QED) is 0.447. The van der Waals surface area contributed by atoms with Gasteiger partial charge in [0, 0.05) is 6.42 Å². The van der Waals surface area contributed by atoms with Crippen LogP contribution in [0, 0.1) is 5.92 Å². The summed E-state index contributed by atoms with van der Waals surface area (Å²) in [6.45, 7) is 6.24. The molecule has 0 saturated carbocycles. The fourth-order valence-corrected chi connectivity index (χ4v) is 0.773. The van der Waals surface area contributed by atoms with Crippen molar-refractivity contribution >= 4 is 6.29 Å². The van der Waals surface area contributed by atoms with E-state index in [9.17, 15) is 4.79 Å². The first-order chi connectivity index (χ1) is 4.81. The molecular formula is C8H17NO. The number of hydrogen-bond donors (Lipinski definition) is 1. The summed E-state index contributed by atoms with van der Waals surface area (Å²) < 4.78 is 0. The van der Waals surface area contributed by atoms with Crippen LogP contribution in [0.2, 0.25) is 0 Å². The fraction of sp³-hybridized carbons (Fsp3) is 0.875. The van der Waals surface area contributed by atoms with E-state index in [1.165, 1.54) is 0 Å². The number of nitrogens with one attached hydrogen (secondary N) is 1. The lowest BCUT2D eigenvalue weighted by Gasteiger charge is -2.07. The van der Waals surface area contributed by atoms with E-state index in [0.29, 0.717) is 12.3 Å². The Hall–Kier alpha value is -0.370. The molecule has 1 unspecified atom stereocenters. The van der Waals surface area contributed by atoms with E-state index < -0.39 is 0 Å². The number of carbonyl (C=O) groups is 1. The van der Waals surface area contributed by atoms with Gasteiger partial charge in [0.2, 0.25) is 0 Å². The largest absolute Gasteiger partial charge is 0.316 e. The summed E-state index contributed by atoms with van der Waals surface area (Å²) in [5.74, 6) is 0.490. The molecule has 0 amide bonds. The van der Waals surface area contributed by atoms with E-state index in [1.54, 1.807) is 0 Å². The van der Waals surface area contributed by atoms with Crippen molar-refractivity contribution in [1.82, 2.24) is 5.32 Å². The first-order valence-corrected chi connectivity index (χ1v) is 3.95. The van der Waals surface area contributed by atoms with Gasteiger partial charge in [-0.2, -0.15) is 0 Å². The van der Waals surface area contributed by atoms with Crippen LogP contribution in [0.3, 0.4) is 0 Å². The van der Waals surface area contributed by atoms with Gasteiger partial charge in [-0.15, -0.1) is 0 Å². The molecule has 0 fully saturated rings. The zero-order valence-electron chi connectivity index (χ0n) is 6.89. The zero-order chi connectivity index (χ0) is 7.82. The number of aldehydes is 1. The molecule has 0 aromatic heterocycles. The Balaban J connectivity index is 3.04. The summed E-state index contributed by atoms with van der Waals surface area (Å²) >= 11 is 0. The molecule has 0 aliphatic carbocycles. The molecule has 2 nitrogen and oxygen atoms in total. The van der Waals surface area contributed by atoms with Crippen LogP contribution in [0.4, 0.5) is 0 Å². The monoisotopic (exact) mass is 143 g/mol. The van der Waals surface area contributed by atoms with Crippen molar-refractivity contribution in [3.8, 4) is 0 Å². The third kappa shape index (κ3) is 5.76. The van der Waals surface area contributed by atoms with E-state index in [2.05, 4.69) is 19.2 Å². The molecule has 0 spiro atoms. The summed E-state index contributed by atoms with van der Waals surface area (Å²) in [6.07, 6.45) is 2.82. The smallest absolute Gasteiger partial charge is 0.120 e. The Kier molecular flexibility index (Phi) is 6.50. The van der Waals surface area contributed by atoms with Crippen molar-refractivity contribution in [3.05, 3.63) is 0 Å². The van der Waals surface area contributed by atoms with Crippen molar-refractivity contribution in [3.63, 3.8) is 0 Å². The SMILES string of the molecule is CCCNCC(C)CC=O. The molecule has 0 saturated heterocycles. The molecule has 0 rings (SSSR count). The molecule has 0 aromatic rings. The van der Waals surface area contributed by atoms with Crippen LogP contribution in [-0.2, 0) is 4.79 Å². The van der Waals surface area contributed by atoms with Gasteiger partial charge in [-0.25, -0.2) is 0 Å². The third-order valence-corrected chi connectivity index (χ3v) is 1.42. The highest BCUT2D eigenvalue weighted by atomic mass is 16.1. The van der Waals surface area contributed by atoms with E-state index in [-0.39, 0.29) is 0 Å². The topological polar surface area (TPSA) is 29.1 Å². The average Bonchev–Trinajstić information content (AvgIpc) is 1.89. The second-order valence-corrected chi connectivity index (χ2v) is 2.71. The molecule has 10 heavy (non-hydrogen) atoms. The maximum Gasteiger partial charge on any atom is 0.120 e. The van der Waals surface area contributed by atoms with E-state index in [4.69, 9.17) is 0 Å². The highest BCUT2D eigenvalue weighted by molar-refractivity contribution is 5.49. The Bertz CT molecular complexity index is 83.3. The molecule has 60 valence electrons. The van der Waals surface area contributed by atoms with E-state index >= 15 is 0 Å². The first kappa shape index (κ1) is 9.63. The fourth-order valence-electron chi connectivity index (χ4n) is 0.773. The van der Waals surface area contributed by atoms with Gasteiger partial charge in [-0.1, -0.05) is 13.8 Å². The van der Waals surface area contributed by atoms with Crippen LogP contribution in [-0.4, -0.2) is 19.4 Å². The molecule has 0 aliphatic heterocycles. The summed E-state index contributed by atoms with van der Waals surface area (Å²) in [7, 11) is 0. The van der Waals surface area contributed by atoms with E-state index in [0.717, 1.165) is 25.8 Å². The molecule has 1 N–H and O–H groups in total. The maximum absolute atomic E-state index is 10.0. The molecule has 0 heterocycles. The minimum Gasteiger partial charge on any atom is -0.316 e. The standard InChI is InChI=1S/C8H17NO/c1-3-5-9-7-8(2)4-6-10/h6,8-9H,3-5,7H2,1-2H3.